The molecule has 1 aromatic heterocycles. The van der Waals surface area contributed by atoms with Crippen LogP contribution in [-0.2, 0) is 0 Å². The van der Waals surface area contributed by atoms with Gasteiger partial charge in [-0.2, -0.15) is 0 Å². The molecule has 0 amide bonds. The van der Waals surface area contributed by atoms with E-state index in [1.807, 2.05) is 6.07 Å². The molecule has 0 aromatic carbocycles. The largest absolute Gasteiger partial charge is 0.477 e. The first-order valence-corrected chi connectivity index (χ1v) is 5.87. The second-order valence-electron chi connectivity index (χ2n) is 4.13. The summed E-state index contributed by atoms with van der Waals surface area (Å²) in [5.41, 5.74) is 1.10. The fourth-order valence-electron chi connectivity index (χ4n) is 2.02. The first-order chi connectivity index (χ1) is 8.20. The molecular formula is C12H17N3O2. The molecule has 92 valence electrons. The van der Waals surface area contributed by atoms with Gasteiger partial charge in [0.25, 0.3) is 0 Å². The van der Waals surface area contributed by atoms with Crippen LogP contribution in [0.2, 0.25) is 0 Å². The molecule has 2 rings (SSSR count). The normalized spacial score (nSPS) is 17.1. The van der Waals surface area contributed by atoms with Gasteiger partial charge in [0, 0.05) is 26.2 Å². The SMILES string of the molecule is CCN1CCN(c2ccc(C(=O)O)nc2)CC1. The summed E-state index contributed by atoms with van der Waals surface area (Å²) in [6.45, 7) is 7.31. The van der Waals surface area contributed by atoms with E-state index in [2.05, 4.69) is 21.7 Å². The fourth-order valence-corrected chi connectivity index (χ4v) is 2.02. The van der Waals surface area contributed by atoms with Gasteiger partial charge in [-0.05, 0) is 18.7 Å². The molecule has 0 unspecified atom stereocenters. The molecule has 1 N–H and O–H groups in total. The Labute approximate surface area is 101 Å². The van der Waals surface area contributed by atoms with E-state index in [4.69, 9.17) is 5.11 Å². The van der Waals surface area contributed by atoms with Crippen molar-refractivity contribution < 1.29 is 9.90 Å². The number of aromatic carboxylic acids is 1. The van der Waals surface area contributed by atoms with Crippen molar-refractivity contribution in [2.24, 2.45) is 0 Å². The van der Waals surface area contributed by atoms with Crippen molar-refractivity contribution in [1.29, 1.82) is 0 Å². The smallest absolute Gasteiger partial charge is 0.354 e. The van der Waals surface area contributed by atoms with Crippen molar-refractivity contribution in [3.8, 4) is 0 Å². The maximum absolute atomic E-state index is 10.7. The number of hydrogen-bond donors (Lipinski definition) is 1. The predicted molar refractivity (Wildman–Crippen MR) is 65.5 cm³/mol. The fraction of sp³-hybridized carbons (Fsp3) is 0.500. The van der Waals surface area contributed by atoms with E-state index in [1.54, 1.807) is 12.3 Å². The van der Waals surface area contributed by atoms with Crippen molar-refractivity contribution in [2.75, 3.05) is 37.6 Å². The van der Waals surface area contributed by atoms with Crippen LogP contribution < -0.4 is 4.90 Å². The number of carbonyl (C=O) groups is 1. The summed E-state index contributed by atoms with van der Waals surface area (Å²) in [6.07, 6.45) is 1.64. The van der Waals surface area contributed by atoms with Crippen molar-refractivity contribution in [1.82, 2.24) is 9.88 Å². The average molecular weight is 235 g/mol. The van der Waals surface area contributed by atoms with Crippen LogP contribution in [0.15, 0.2) is 18.3 Å². The number of rotatable bonds is 3. The number of aromatic nitrogens is 1. The number of piperazine rings is 1. The van der Waals surface area contributed by atoms with Crippen LogP contribution in [0.5, 0.6) is 0 Å². The minimum Gasteiger partial charge on any atom is -0.477 e. The molecule has 0 saturated carbocycles. The number of pyridine rings is 1. The standard InChI is InChI=1S/C12H17N3O2/c1-2-14-5-7-15(8-6-14)10-3-4-11(12(16)17)13-9-10/h3-4,9H,2,5-8H2,1H3,(H,16,17). The third kappa shape index (κ3) is 2.74. The topological polar surface area (TPSA) is 56.7 Å². The van der Waals surface area contributed by atoms with E-state index < -0.39 is 5.97 Å². The minimum absolute atomic E-state index is 0.0981. The minimum atomic E-state index is -0.979. The molecule has 17 heavy (non-hydrogen) atoms. The number of anilines is 1. The monoisotopic (exact) mass is 235 g/mol. The molecule has 0 aliphatic carbocycles. The quantitative estimate of drug-likeness (QED) is 0.844. The molecule has 5 nitrogen and oxygen atoms in total. The molecule has 1 aliphatic rings. The van der Waals surface area contributed by atoms with Crippen molar-refractivity contribution >= 4 is 11.7 Å². The van der Waals surface area contributed by atoms with E-state index >= 15 is 0 Å². The summed E-state index contributed by atoms with van der Waals surface area (Å²) in [6, 6.07) is 3.39. The number of carboxylic acid groups (broad SMARTS) is 1. The van der Waals surface area contributed by atoms with Gasteiger partial charge in [0.05, 0.1) is 11.9 Å². The summed E-state index contributed by atoms with van der Waals surface area (Å²) in [4.78, 5) is 19.3. The molecule has 0 bridgehead atoms. The molecule has 0 spiro atoms. The number of carboxylic acids is 1. The Morgan fingerprint density at radius 1 is 1.35 bits per heavy atom. The molecule has 1 fully saturated rings. The van der Waals surface area contributed by atoms with E-state index in [9.17, 15) is 4.79 Å². The van der Waals surface area contributed by atoms with Gasteiger partial charge in [-0.15, -0.1) is 0 Å². The van der Waals surface area contributed by atoms with Crippen molar-refractivity contribution in [3.05, 3.63) is 24.0 Å². The first kappa shape index (κ1) is 11.9. The van der Waals surface area contributed by atoms with E-state index in [0.717, 1.165) is 38.4 Å². The van der Waals surface area contributed by atoms with E-state index in [1.165, 1.54) is 0 Å². The van der Waals surface area contributed by atoms with Crippen LogP contribution in [0.4, 0.5) is 5.69 Å². The maximum Gasteiger partial charge on any atom is 0.354 e. The Morgan fingerprint density at radius 2 is 2.06 bits per heavy atom. The molecule has 0 atom stereocenters. The summed E-state index contributed by atoms with van der Waals surface area (Å²) in [5, 5.41) is 8.77. The highest BCUT2D eigenvalue weighted by molar-refractivity contribution is 5.85. The Kier molecular flexibility index (Phi) is 3.58. The van der Waals surface area contributed by atoms with Gasteiger partial charge in [-0.3, -0.25) is 0 Å². The van der Waals surface area contributed by atoms with Crippen LogP contribution in [-0.4, -0.2) is 53.7 Å². The van der Waals surface area contributed by atoms with Gasteiger partial charge in [-0.25, -0.2) is 9.78 Å². The summed E-state index contributed by atoms with van der Waals surface area (Å²) < 4.78 is 0. The molecule has 0 radical (unpaired) electrons. The Balaban J connectivity index is 2.01. The molecule has 2 heterocycles. The van der Waals surface area contributed by atoms with E-state index in [-0.39, 0.29) is 5.69 Å². The molecule has 1 aromatic rings. The van der Waals surface area contributed by atoms with Crippen LogP contribution in [0, 0.1) is 0 Å². The highest BCUT2D eigenvalue weighted by Gasteiger charge is 2.16. The Bertz CT molecular complexity index is 383. The van der Waals surface area contributed by atoms with Crippen LogP contribution in [0.25, 0.3) is 0 Å². The highest BCUT2D eigenvalue weighted by atomic mass is 16.4. The summed E-state index contributed by atoms with van der Waals surface area (Å²) >= 11 is 0. The summed E-state index contributed by atoms with van der Waals surface area (Å²) in [7, 11) is 0. The molecule has 5 heteroatoms. The molecule has 1 aliphatic heterocycles. The zero-order chi connectivity index (χ0) is 12.3. The lowest BCUT2D eigenvalue weighted by Crippen LogP contribution is -2.46. The van der Waals surface area contributed by atoms with Gasteiger partial charge in [0.2, 0.25) is 0 Å². The van der Waals surface area contributed by atoms with Gasteiger partial charge in [0.15, 0.2) is 0 Å². The Morgan fingerprint density at radius 3 is 2.53 bits per heavy atom. The lowest BCUT2D eigenvalue weighted by atomic mass is 10.2. The van der Waals surface area contributed by atoms with Crippen molar-refractivity contribution in [2.45, 2.75) is 6.92 Å². The molecule has 1 saturated heterocycles. The zero-order valence-corrected chi connectivity index (χ0v) is 9.96. The highest BCUT2D eigenvalue weighted by Crippen LogP contribution is 2.15. The van der Waals surface area contributed by atoms with Gasteiger partial charge in [0.1, 0.15) is 5.69 Å². The third-order valence-corrected chi connectivity index (χ3v) is 3.15. The number of nitrogens with zero attached hydrogens (tertiary/aromatic N) is 3. The number of hydrogen-bond acceptors (Lipinski definition) is 4. The number of likely N-dealkylation sites (N-methyl/N-ethyl adjacent to an activating group) is 1. The maximum atomic E-state index is 10.7. The third-order valence-electron chi connectivity index (χ3n) is 3.15. The second-order valence-corrected chi connectivity index (χ2v) is 4.13. The van der Waals surface area contributed by atoms with Crippen LogP contribution in [0.1, 0.15) is 17.4 Å². The lowest BCUT2D eigenvalue weighted by Gasteiger charge is -2.35. The second kappa shape index (κ2) is 5.14. The Hall–Kier alpha value is -1.62. The van der Waals surface area contributed by atoms with Gasteiger partial charge in [-0.1, -0.05) is 6.92 Å². The van der Waals surface area contributed by atoms with Crippen LogP contribution >= 0.6 is 0 Å². The predicted octanol–water partition coefficient (Wildman–Crippen LogP) is 0.922. The van der Waals surface area contributed by atoms with Crippen LogP contribution in [0.3, 0.4) is 0 Å². The van der Waals surface area contributed by atoms with Crippen molar-refractivity contribution in [3.63, 3.8) is 0 Å². The summed E-state index contributed by atoms with van der Waals surface area (Å²) in [5.74, 6) is -0.979. The average Bonchev–Trinajstić information content (AvgIpc) is 2.39. The van der Waals surface area contributed by atoms with E-state index in [0.29, 0.717) is 0 Å². The van der Waals surface area contributed by atoms with Gasteiger partial charge < -0.3 is 14.9 Å². The molecular weight excluding hydrogens is 218 g/mol. The van der Waals surface area contributed by atoms with Gasteiger partial charge >= 0.3 is 5.97 Å². The lowest BCUT2D eigenvalue weighted by molar-refractivity contribution is 0.0690. The zero-order valence-electron chi connectivity index (χ0n) is 9.96. The first-order valence-electron chi connectivity index (χ1n) is 5.87.